The van der Waals surface area contributed by atoms with Crippen molar-refractivity contribution in [3.63, 3.8) is 0 Å². The van der Waals surface area contributed by atoms with Gasteiger partial charge in [0, 0.05) is 0 Å². The number of hydrogen-bond acceptors (Lipinski definition) is 4. The summed E-state index contributed by atoms with van der Waals surface area (Å²) in [5.41, 5.74) is 2.36. The van der Waals surface area contributed by atoms with Crippen LogP contribution in [0.4, 0.5) is 0 Å². The summed E-state index contributed by atoms with van der Waals surface area (Å²) in [6.07, 6.45) is 7.04. The summed E-state index contributed by atoms with van der Waals surface area (Å²) in [5.74, 6) is -0.912. The Balaban J connectivity index is 3.51. The Kier molecular flexibility index (Phi) is 9.81. The molecule has 6 heteroatoms. The standard InChI is InChI=1S/C24H46N2O4/c1-7-12-23(29,13-8-2)18(5)26(19(6)24(30,14-9-3)15-10-4)21(28)22(20(25)27)16-11-17-22/h18-19,29-30H,7-17H2,1-6H3,(H2,25,27)/t18-,19-/m1/s1. The molecule has 0 saturated heterocycles. The van der Waals surface area contributed by atoms with Crippen LogP contribution in [0.3, 0.4) is 0 Å². The largest absolute Gasteiger partial charge is 0.388 e. The third kappa shape index (κ3) is 5.18. The first-order valence-corrected chi connectivity index (χ1v) is 12.1. The topological polar surface area (TPSA) is 104 Å². The van der Waals surface area contributed by atoms with Gasteiger partial charge in [-0.1, -0.05) is 59.8 Å². The molecular weight excluding hydrogens is 380 g/mol. The van der Waals surface area contributed by atoms with Crippen LogP contribution >= 0.6 is 0 Å². The molecular formula is C24H46N2O4. The Bertz CT molecular complexity index is 534. The molecule has 0 spiro atoms. The summed E-state index contributed by atoms with van der Waals surface area (Å²) in [4.78, 5) is 27.9. The van der Waals surface area contributed by atoms with Crippen molar-refractivity contribution in [3.05, 3.63) is 0 Å². The van der Waals surface area contributed by atoms with Gasteiger partial charge in [0.15, 0.2) is 0 Å². The fourth-order valence-corrected chi connectivity index (χ4v) is 5.37. The van der Waals surface area contributed by atoms with E-state index in [4.69, 9.17) is 5.73 Å². The van der Waals surface area contributed by atoms with Gasteiger partial charge in [0.25, 0.3) is 0 Å². The molecule has 1 rings (SSSR count). The lowest BCUT2D eigenvalue weighted by molar-refractivity contribution is -0.175. The summed E-state index contributed by atoms with van der Waals surface area (Å²) in [5, 5.41) is 23.2. The molecule has 0 aromatic carbocycles. The Labute approximate surface area is 183 Å². The van der Waals surface area contributed by atoms with Crippen LogP contribution in [0.15, 0.2) is 0 Å². The van der Waals surface area contributed by atoms with E-state index in [1.165, 1.54) is 0 Å². The first-order chi connectivity index (χ1) is 14.0. The van der Waals surface area contributed by atoms with Gasteiger partial charge in [-0.25, -0.2) is 0 Å². The molecule has 1 saturated carbocycles. The lowest BCUT2D eigenvalue weighted by Crippen LogP contribution is -2.67. The SMILES string of the molecule is CCCC(O)(CCC)[C@@H](C)N(C(=O)C1(C(N)=O)CCC1)[C@H](C)C(O)(CCC)CCC. The molecule has 30 heavy (non-hydrogen) atoms. The van der Waals surface area contributed by atoms with Gasteiger partial charge in [0.05, 0.1) is 23.3 Å². The highest BCUT2D eigenvalue weighted by molar-refractivity contribution is 6.05. The Morgan fingerprint density at radius 1 is 0.867 bits per heavy atom. The first-order valence-electron chi connectivity index (χ1n) is 12.1. The van der Waals surface area contributed by atoms with Crippen LogP contribution in [-0.2, 0) is 9.59 Å². The van der Waals surface area contributed by atoms with Gasteiger partial charge >= 0.3 is 0 Å². The molecule has 0 unspecified atom stereocenters. The lowest BCUT2D eigenvalue weighted by atomic mass is 9.66. The zero-order chi connectivity index (χ0) is 23.2. The van der Waals surface area contributed by atoms with Gasteiger partial charge in [-0.15, -0.1) is 0 Å². The molecule has 0 aromatic heterocycles. The van der Waals surface area contributed by atoms with E-state index in [-0.39, 0.29) is 5.91 Å². The zero-order valence-electron chi connectivity index (χ0n) is 20.2. The third-order valence-electron chi connectivity index (χ3n) is 7.44. The highest BCUT2D eigenvalue weighted by Gasteiger charge is 2.56. The van der Waals surface area contributed by atoms with Crippen molar-refractivity contribution >= 4 is 11.8 Å². The van der Waals surface area contributed by atoms with Crippen LogP contribution in [0.2, 0.25) is 0 Å². The van der Waals surface area contributed by atoms with Crippen molar-refractivity contribution < 1.29 is 19.8 Å². The second kappa shape index (κ2) is 10.9. The van der Waals surface area contributed by atoms with Crippen LogP contribution in [0, 0.1) is 5.41 Å². The fourth-order valence-electron chi connectivity index (χ4n) is 5.37. The maximum atomic E-state index is 13.9. The molecule has 0 radical (unpaired) electrons. The monoisotopic (exact) mass is 426 g/mol. The number of nitrogens with two attached hydrogens (primary N) is 1. The average Bonchev–Trinajstić information content (AvgIpc) is 2.61. The fraction of sp³-hybridized carbons (Fsp3) is 0.917. The molecule has 1 fully saturated rings. The van der Waals surface area contributed by atoms with E-state index < -0.39 is 34.6 Å². The number of nitrogens with zero attached hydrogens (tertiary/aromatic N) is 1. The summed E-state index contributed by atoms with van der Waals surface area (Å²) in [7, 11) is 0. The highest BCUT2D eigenvalue weighted by Crippen LogP contribution is 2.45. The number of amides is 2. The normalized spacial score (nSPS) is 18.4. The third-order valence-corrected chi connectivity index (χ3v) is 7.44. The smallest absolute Gasteiger partial charge is 0.238 e. The van der Waals surface area contributed by atoms with Crippen molar-refractivity contribution in [1.82, 2.24) is 4.90 Å². The Morgan fingerprint density at radius 2 is 1.20 bits per heavy atom. The van der Waals surface area contributed by atoms with E-state index in [0.717, 1.165) is 32.1 Å². The number of carbonyl (C=O) groups is 2. The van der Waals surface area contributed by atoms with Crippen LogP contribution in [0.25, 0.3) is 0 Å². The molecule has 0 aromatic rings. The number of aliphatic hydroxyl groups is 2. The van der Waals surface area contributed by atoms with Gasteiger partial charge < -0.3 is 20.8 Å². The maximum Gasteiger partial charge on any atom is 0.238 e. The molecule has 1 aliphatic carbocycles. The molecule has 6 nitrogen and oxygen atoms in total. The van der Waals surface area contributed by atoms with E-state index in [2.05, 4.69) is 0 Å². The van der Waals surface area contributed by atoms with E-state index in [9.17, 15) is 19.8 Å². The molecule has 1 aliphatic rings. The average molecular weight is 427 g/mol. The van der Waals surface area contributed by atoms with Crippen LogP contribution in [-0.4, -0.2) is 50.2 Å². The zero-order valence-corrected chi connectivity index (χ0v) is 20.2. The van der Waals surface area contributed by atoms with Crippen LogP contribution in [0.5, 0.6) is 0 Å². The molecule has 2 atom stereocenters. The van der Waals surface area contributed by atoms with Crippen molar-refractivity contribution in [2.24, 2.45) is 11.1 Å². The first kappa shape index (κ1) is 26.9. The minimum atomic E-state index is -1.21. The minimum absolute atomic E-state index is 0.322. The quantitative estimate of drug-likeness (QED) is 0.366. The van der Waals surface area contributed by atoms with Crippen LogP contribution in [0.1, 0.15) is 112 Å². The van der Waals surface area contributed by atoms with E-state index in [1.807, 2.05) is 41.5 Å². The molecule has 0 heterocycles. The molecule has 0 bridgehead atoms. The van der Waals surface area contributed by atoms with Crippen molar-refractivity contribution in [2.45, 2.75) is 135 Å². The van der Waals surface area contributed by atoms with Crippen LogP contribution < -0.4 is 5.73 Å². The lowest BCUT2D eigenvalue weighted by Gasteiger charge is -2.52. The predicted molar refractivity (Wildman–Crippen MR) is 121 cm³/mol. The highest BCUT2D eigenvalue weighted by atomic mass is 16.3. The van der Waals surface area contributed by atoms with E-state index >= 15 is 0 Å². The van der Waals surface area contributed by atoms with E-state index in [1.54, 1.807) is 4.90 Å². The maximum absolute atomic E-state index is 13.9. The van der Waals surface area contributed by atoms with Crippen molar-refractivity contribution in [2.75, 3.05) is 0 Å². The summed E-state index contributed by atoms with van der Waals surface area (Å²) >= 11 is 0. The number of primary amides is 1. The van der Waals surface area contributed by atoms with Crippen molar-refractivity contribution in [3.8, 4) is 0 Å². The van der Waals surface area contributed by atoms with Gasteiger partial charge in [-0.05, 0) is 52.4 Å². The molecule has 0 aliphatic heterocycles. The predicted octanol–water partition coefficient (Wildman–Crippen LogP) is 3.91. The second-order valence-corrected chi connectivity index (χ2v) is 9.57. The molecule has 4 N–H and O–H groups in total. The number of carbonyl (C=O) groups excluding carboxylic acids is 2. The number of rotatable bonds is 14. The van der Waals surface area contributed by atoms with Gasteiger partial charge in [-0.3, -0.25) is 9.59 Å². The Morgan fingerprint density at radius 3 is 1.40 bits per heavy atom. The molecule has 176 valence electrons. The number of hydrogen-bond donors (Lipinski definition) is 3. The minimum Gasteiger partial charge on any atom is -0.388 e. The van der Waals surface area contributed by atoms with Crippen molar-refractivity contribution in [1.29, 1.82) is 0 Å². The van der Waals surface area contributed by atoms with E-state index in [0.29, 0.717) is 38.5 Å². The van der Waals surface area contributed by atoms with Gasteiger partial charge in [-0.2, -0.15) is 0 Å². The van der Waals surface area contributed by atoms with Gasteiger partial charge in [0.2, 0.25) is 11.8 Å². The molecule has 2 amide bonds. The second-order valence-electron chi connectivity index (χ2n) is 9.57. The van der Waals surface area contributed by atoms with Gasteiger partial charge in [0.1, 0.15) is 5.41 Å². The Hall–Kier alpha value is -1.14. The summed E-state index contributed by atoms with van der Waals surface area (Å²) in [6.45, 7) is 11.8. The summed E-state index contributed by atoms with van der Waals surface area (Å²) < 4.78 is 0. The summed E-state index contributed by atoms with van der Waals surface area (Å²) in [6, 6.07) is -1.06.